The van der Waals surface area contributed by atoms with Gasteiger partial charge in [-0.2, -0.15) is 10.2 Å². The summed E-state index contributed by atoms with van der Waals surface area (Å²) in [6, 6.07) is 0. The Morgan fingerprint density at radius 3 is 2.83 bits per heavy atom. The summed E-state index contributed by atoms with van der Waals surface area (Å²) in [5.74, 6) is 1.45. The number of rotatable bonds is 0. The molecule has 1 aromatic heterocycles. The standard InChI is InChI=1S/C10H14N2/c1-7-3-4-9-5-11-12-6-10(9)8(7)2/h5-8H,3-4H2,1-2H3. The summed E-state index contributed by atoms with van der Waals surface area (Å²) in [5.41, 5.74) is 2.80. The van der Waals surface area contributed by atoms with E-state index in [1.165, 1.54) is 24.0 Å². The highest BCUT2D eigenvalue weighted by Gasteiger charge is 2.22. The van der Waals surface area contributed by atoms with E-state index < -0.39 is 0 Å². The van der Waals surface area contributed by atoms with E-state index in [2.05, 4.69) is 24.0 Å². The highest BCUT2D eigenvalue weighted by atomic mass is 15.1. The van der Waals surface area contributed by atoms with Crippen molar-refractivity contribution >= 4 is 0 Å². The Kier molecular flexibility index (Phi) is 1.83. The van der Waals surface area contributed by atoms with Crippen LogP contribution in [0.4, 0.5) is 0 Å². The normalized spacial score (nSPS) is 28.2. The molecule has 0 aromatic carbocycles. The number of aryl methyl sites for hydroxylation is 1. The van der Waals surface area contributed by atoms with Gasteiger partial charge in [-0.3, -0.25) is 0 Å². The summed E-state index contributed by atoms with van der Waals surface area (Å²) in [4.78, 5) is 0. The average Bonchev–Trinajstić information content (AvgIpc) is 2.12. The van der Waals surface area contributed by atoms with Gasteiger partial charge in [0.2, 0.25) is 0 Å². The van der Waals surface area contributed by atoms with Crippen LogP contribution in [-0.2, 0) is 6.42 Å². The smallest absolute Gasteiger partial charge is 0.0533 e. The molecule has 0 bridgehead atoms. The van der Waals surface area contributed by atoms with Crippen molar-refractivity contribution in [3.05, 3.63) is 23.5 Å². The van der Waals surface area contributed by atoms with Crippen molar-refractivity contribution in [2.24, 2.45) is 5.92 Å². The van der Waals surface area contributed by atoms with E-state index >= 15 is 0 Å². The third kappa shape index (κ3) is 1.11. The first-order valence-corrected chi connectivity index (χ1v) is 4.58. The molecule has 2 heteroatoms. The summed E-state index contributed by atoms with van der Waals surface area (Å²) in [7, 11) is 0. The van der Waals surface area contributed by atoms with Gasteiger partial charge in [-0.25, -0.2) is 0 Å². The van der Waals surface area contributed by atoms with Gasteiger partial charge >= 0.3 is 0 Å². The maximum absolute atomic E-state index is 3.93. The molecule has 0 radical (unpaired) electrons. The molecule has 0 saturated carbocycles. The summed E-state index contributed by atoms with van der Waals surface area (Å²) in [6.07, 6.45) is 6.31. The van der Waals surface area contributed by atoms with Crippen molar-refractivity contribution in [1.82, 2.24) is 10.2 Å². The molecule has 2 unspecified atom stereocenters. The molecule has 0 saturated heterocycles. The third-order valence-electron chi connectivity index (χ3n) is 3.06. The van der Waals surface area contributed by atoms with Crippen LogP contribution in [0.2, 0.25) is 0 Å². The van der Waals surface area contributed by atoms with Gasteiger partial charge in [0.05, 0.1) is 12.4 Å². The Hall–Kier alpha value is -0.920. The van der Waals surface area contributed by atoms with Gasteiger partial charge in [0, 0.05) is 0 Å². The summed E-state index contributed by atoms with van der Waals surface area (Å²) in [6.45, 7) is 4.60. The first kappa shape index (κ1) is 7.71. The van der Waals surface area contributed by atoms with Crippen LogP contribution in [0.15, 0.2) is 12.4 Å². The number of aromatic nitrogens is 2. The Morgan fingerprint density at radius 1 is 1.25 bits per heavy atom. The zero-order chi connectivity index (χ0) is 8.55. The first-order valence-electron chi connectivity index (χ1n) is 4.58. The minimum Gasteiger partial charge on any atom is -0.159 e. The highest BCUT2D eigenvalue weighted by molar-refractivity contribution is 5.27. The van der Waals surface area contributed by atoms with Crippen LogP contribution in [0.3, 0.4) is 0 Å². The summed E-state index contributed by atoms with van der Waals surface area (Å²) < 4.78 is 0. The molecule has 2 atom stereocenters. The lowest BCUT2D eigenvalue weighted by Crippen LogP contribution is -2.16. The molecule has 0 amide bonds. The van der Waals surface area contributed by atoms with E-state index in [9.17, 15) is 0 Å². The van der Waals surface area contributed by atoms with Gasteiger partial charge in [0.25, 0.3) is 0 Å². The molecule has 2 rings (SSSR count). The fourth-order valence-corrected chi connectivity index (χ4v) is 1.91. The lowest BCUT2D eigenvalue weighted by Gasteiger charge is -2.27. The van der Waals surface area contributed by atoms with Crippen LogP contribution in [0.5, 0.6) is 0 Å². The maximum atomic E-state index is 3.93. The molecule has 0 aliphatic heterocycles. The van der Waals surface area contributed by atoms with E-state index in [0.29, 0.717) is 5.92 Å². The quantitative estimate of drug-likeness (QED) is 0.584. The molecule has 64 valence electrons. The minimum atomic E-state index is 0.657. The Bertz CT molecular complexity index is 283. The molecule has 1 aromatic rings. The predicted molar refractivity (Wildman–Crippen MR) is 47.9 cm³/mol. The second-order valence-corrected chi connectivity index (χ2v) is 3.77. The lowest BCUT2D eigenvalue weighted by atomic mass is 9.78. The van der Waals surface area contributed by atoms with Gasteiger partial charge in [0.1, 0.15) is 0 Å². The summed E-state index contributed by atoms with van der Waals surface area (Å²) in [5, 5.41) is 7.84. The topological polar surface area (TPSA) is 25.8 Å². The zero-order valence-electron chi connectivity index (χ0n) is 7.62. The zero-order valence-corrected chi connectivity index (χ0v) is 7.62. The van der Waals surface area contributed by atoms with E-state index in [1.807, 2.05) is 12.4 Å². The third-order valence-corrected chi connectivity index (χ3v) is 3.06. The molecule has 1 heterocycles. The number of hydrogen-bond donors (Lipinski definition) is 0. The van der Waals surface area contributed by atoms with Crippen molar-refractivity contribution < 1.29 is 0 Å². The maximum Gasteiger partial charge on any atom is 0.0533 e. The van der Waals surface area contributed by atoms with Gasteiger partial charge in [-0.15, -0.1) is 0 Å². The number of nitrogens with zero attached hydrogens (tertiary/aromatic N) is 2. The van der Waals surface area contributed by atoms with Crippen molar-refractivity contribution in [2.45, 2.75) is 32.6 Å². The fourth-order valence-electron chi connectivity index (χ4n) is 1.91. The van der Waals surface area contributed by atoms with Crippen molar-refractivity contribution in [3.63, 3.8) is 0 Å². The molecule has 0 fully saturated rings. The van der Waals surface area contributed by atoms with Crippen molar-refractivity contribution in [2.75, 3.05) is 0 Å². The molecular formula is C10H14N2. The van der Waals surface area contributed by atoms with Crippen molar-refractivity contribution in [3.8, 4) is 0 Å². The van der Waals surface area contributed by atoms with E-state index in [4.69, 9.17) is 0 Å². The van der Waals surface area contributed by atoms with Gasteiger partial charge in [-0.05, 0) is 35.8 Å². The van der Waals surface area contributed by atoms with Gasteiger partial charge < -0.3 is 0 Å². The average molecular weight is 162 g/mol. The largest absolute Gasteiger partial charge is 0.159 e. The molecule has 0 spiro atoms. The van der Waals surface area contributed by atoms with Crippen LogP contribution in [0.25, 0.3) is 0 Å². The lowest BCUT2D eigenvalue weighted by molar-refractivity contribution is 0.423. The molecular weight excluding hydrogens is 148 g/mol. The molecule has 1 aliphatic rings. The van der Waals surface area contributed by atoms with Crippen LogP contribution in [0, 0.1) is 5.92 Å². The molecule has 0 N–H and O–H groups in total. The monoisotopic (exact) mass is 162 g/mol. The van der Waals surface area contributed by atoms with Crippen LogP contribution in [-0.4, -0.2) is 10.2 Å². The van der Waals surface area contributed by atoms with Crippen LogP contribution < -0.4 is 0 Å². The van der Waals surface area contributed by atoms with E-state index in [1.54, 1.807) is 0 Å². The van der Waals surface area contributed by atoms with Gasteiger partial charge in [-0.1, -0.05) is 13.8 Å². The Morgan fingerprint density at radius 2 is 2.00 bits per heavy atom. The molecule has 2 nitrogen and oxygen atoms in total. The molecule has 12 heavy (non-hydrogen) atoms. The number of fused-ring (bicyclic) bond motifs is 1. The Balaban J connectivity index is 2.42. The first-order chi connectivity index (χ1) is 5.79. The van der Waals surface area contributed by atoms with Crippen LogP contribution in [0.1, 0.15) is 37.3 Å². The second-order valence-electron chi connectivity index (χ2n) is 3.77. The van der Waals surface area contributed by atoms with Gasteiger partial charge in [0.15, 0.2) is 0 Å². The van der Waals surface area contributed by atoms with Crippen LogP contribution >= 0.6 is 0 Å². The number of hydrogen-bond acceptors (Lipinski definition) is 2. The summed E-state index contributed by atoms with van der Waals surface area (Å²) >= 11 is 0. The predicted octanol–water partition coefficient (Wildman–Crippen LogP) is 2.16. The second kappa shape index (κ2) is 2.85. The SMILES string of the molecule is CC1CCc2cnncc2C1C. The molecule has 1 aliphatic carbocycles. The van der Waals surface area contributed by atoms with E-state index in [-0.39, 0.29) is 0 Å². The van der Waals surface area contributed by atoms with Crippen molar-refractivity contribution in [1.29, 1.82) is 0 Å². The minimum absolute atomic E-state index is 0.657. The van der Waals surface area contributed by atoms with E-state index in [0.717, 1.165) is 5.92 Å². The fraction of sp³-hybridized carbons (Fsp3) is 0.600. The Labute approximate surface area is 73.0 Å². The highest BCUT2D eigenvalue weighted by Crippen LogP contribution is 2.34.